The van der Waals surface area contributed by atoms with Crippen molar-refractivity contribution in [1.82, 2.24) is 0 Å². The van der Waals surface area contributed by atoms with E-state index in [9.17, 15) is 4.39 Å². The number of nitriles is 1. The van der Waals surface area contributed by atoms with Gasteiger partial charge < -0.3 is 14.2 Å². The smallest absolute Gasteiger partial charge is 0.132 e. The third-order valence-electron chi connectivity index (χ3n) is 6.89. The zero-order valence-electron chi connectivity index (χ0n) is 23.3. The predicted octanol–water partition coefficient (Wildman–Crippen LogP) is 9.49. The maximum atomic E-state index is 14.2. The van der Waals surface area contributed by atoms with Gasteiger partial charge in [-0.2, -0.15) is 5.26 Å². The van der Waals surface area contributed by atoms with Gasteiger partial charge in [0, 0.05) is 5.56 Å². The molecule has 0 radical (unpaired) electrons. The minimum atomic E-state index is -0.398. The van der Waals surface area contributed by atoms with Crippen molar-refractivity contribution in [2.45, 2.75) is 58.3 Å². The molecular weight excluding hydrogens is 501 g/mol. The fourth-order valence-electron chi connectivity index (χ4n) is 4.59. The van der Waals surface area contributed by atoms with Crippen LogP contribution in [0, 0.1) is 17.1 Å². The molecule has 0 spiro atoms. The molecule has 0 N–H and O–H groups in total. The van der Waals surface area contributed by atoms with E-state index in [-0.39, 0.29) is 0 Å². The molecule has 40 heavy (non-hydrogen) atoms. The second-order valence-corrected chi connectivity index (χ2v) is 10.0. The van der Waals surface area contributed by atoms with E-state index in [0.717, 1.165) is 72.3 Å². The first-order valence-corrected chi connectivity index (χ1v) is 14.4. The molecule has 4 aromatic carbocycles. The molecule has 0 amide bonds. The molecule has 0 aliphatic rings. The van der Waals surface area contributed by atoms with Gasteiger partial charge in [0.1, 0.15) is 23.1 Å². The topological polar surface area (TPSA) is 51.5 Å². The average molecular weight is 540 g/mol. The van der Waals surface area contributed by atoms with Crippen LogP contribution in [0.2, 0.25) is 0 Å². The number of benzene rings is 4. The van der Waals surface area contributed by atoms with E-state index >= 15 is 0 Å². The van der Waals surface area contributed by atoms with Crippen molar-refractivity contribution in [2.75, 3.05) is 19.8 Å². The number of unbranched alkanes of at least 4 members (excludes halogenated alkanes) is 6. The summed E-state index contributed by atoms with van der Waals surface area (Å²) in [5.41, 5.74) is 1.55. The first kappa shape index (κ1) is 29.0. The highest BCUT2D eigenvalue weighted by molar-refractivity contribution is 5.85. The summed E-state index contributed by atoms with van der Waals surface area (Å²) in [4.78, 5) is 0. The van der Waals surface area contributed by atoms with E-state index in [4.69, 9.17) is 19.5 Å². The second-order valence-electron chi connectivity index (χ2n) is 10.0. The molecule has 208 valence electrons. The Hall–Kier alpha value is -4.04. The van der Waals surface area contributed by atoms with Crippen LogP contribution in [-0.4, -0.2) is 19.8 Å². The number of rotatable bonds is 16. The van der Waals surface area contributed by atoms with Gasteiger partial charge in [-0.1, -0.05) is 56.5 Å². The van der Waals surface area contributed by atoms with Crippen LogP contribution in [0.4, 0.5) is 4.39 Å². The van der Waals surface area contributed by atoms with Gasteiger partial charge in [0.2, 0.25) is 0 Å². The van der Waals surface area contributed by atoms with Crippen LogP contribution < -0.4 is 14.2 Å². The Balaban J connectivity index is 1.10. The summed E-state index contributed by atoms with van der Waals surface area (Å²) < 4.78 is 32.0. The zero-order chi connectivity index (χ0) is 28.0. The van der Waals surface area contributed by atoms with E-state index in [1.807, 2.05) is 42.5 Å². The molecule has 0 aliphatic heterocycles. The lowest BCUT2D eigenvalue weighted by molar-refractivity contribution is 0.288. The lowest BCUT2D eigenvalue weighted by Crippen LogP contribution is -2.00. The Morgan fingerprint density at radius 1 is 0.600 bits per heavy atom. The molecule has 0 saturated carbocycles. The molecule has 0 bridgehead atoms. The zero-order valence-corrected chi connectivity index (χ0v) is 23.3. The maximum Gasteiger partial charge on any atom is 0.132 e. The third kappa shape index (κ3) is 8.74. The Morgan fingerprint density at radius 3 is 1.65 bits per heavy atom. The highest BCUT2D eigenvalue weighted by atomic mass is 19.1. The molecule has 0 fully saturated rings. The number of fused-ring (bicyclic) bond motifs is 1. The lowest BCUT2D eigenvalue weighted by Gasteiger charge is -2.10. The first-order valence-electron chi connectivity index (χ1n) is 14.4. The molecule has 0 heterocycles. The van der Waals surface area contributed by atoms with Crippen LogP contribution >= 0.6 is 0 Å². The van der Waals surface area contributed by atoms with Gasteiger partial charge in [0.15, 0.2) is 0 Å². The minimum absolute atomic E-state index is 0.314. The predicted molar refractivity (Wildman–Crippen MR) is 160 cm³/mol. The molecule has 0 aromatic heterocycles. The molecular formula is C35H38FNO3. The summed E-state index contributed by atoms with van der Waals surface area (Å²) in [6, 6.07) is 26.3. The standard InChI is InChI=1S/C35H38FNO3/c1-2-3-4-7-21-39-32-17-13-30-25-33(18-14-29(30)24-32)40-22-9-6-5-8-20-38-31-15-11-28(12-16-31)34-19-10-27(26-37)23-35(34)36/h10-19,23-25H,2-9,20-22H2,1H3. The lowest BCUT2D eigenvalue weighted by atomic mass is 10.0. The normalized spacial score (nSPS) is 10.8. The number of hydrogen-bond donors (Lipinski definition) is 0. The van der Waals surface area contributed by atoms with Gasteiger partial charge >= 0.3 is 0 Å². The van der Waals surface area contributed by atoms with Crippen LogP contribution in [0.25, 0.3) is 21.9 Å². The van der Waals surface area contributed by atoms with Crippen molar-refractivity contribution in [1.29, 1.82) is 5.26 Å². The molecule has 4 rings (SSSR count). The molecule has 0 aliphatic carbocycles. The summed E-state index contributed by atoms with van der Waals surface area (Å²) in [5, 5.41) is 11.2. The van der Waals surface area contributed by atoms with Crippen molar-refractivity contribution in [3.8, 4) is 34.4 Å². The Labute approximate surface area is 237 Å². The number of nitrogens with zero attached hydrogens (tertiary/aromatic N) is 1. The molecule has 4 nitrogen and oxygen atoms in total. The van der Waals surface area contributed by atoms with E-state index in [0.29, 0.717) is 24.3 Å². The van der Waals surface area contributed by atoms with Crippen molar-refractivity contribution in [3.63, 3.8) is 0 Å². The van der Waals surface area contributed by atoms with Crippen LogP contribution in [0.5, 0.6) is 17.2 Å². The molecule has 0 unspecified atom stereocenters. The van der Waals surface area contributed by atoms with E-state index in [1.165, 1.54) is 25.3 Å². The largest absolute Gasteiger partial charge is 0.494 e. The van der Waals surface area contributed by atoms with Crippen molar-refractivity contribution < 1.29 is 18.6 Å². The summed E-state index contributed by atoms with van der Waals surface area (Å²) >= 11 is 0. The fourth-order valence-corrected chi connectivity index (χ4v) is 4.59. The molecule has 5 heteroatoms. The van der Waals surface area contributed by atoms with Gasteiger partial charge in [0.05, 0.1) is 31.5 Å². The van der Waals surface area contributed by atoms with Gasteiger partial charge in [-0.05, 0) is 97.0 Å². The van der Waals surface area contributed by atoms with Gasteiger partial charge in [-0.15, -0.1) is 0 Å². The molecule has 0 saturated heterocycles. The van der Waals surface area contributed by atoms with Gasteiger partial charge in [0.25, 0.3) is 0 Å². The first-order chi connectivity index (χ1) is 19.7. The van der Waals surface area contributed by atoms with Gasteiger partial charge in [-0.3, -0.25) is 0 Å². The van der Waals surface area contributed by atoms with E-state index in [1.54, 1.807) is 12.1 Å². The van der Waals surface area contributed by atoms with Crippen molar-refractivity contribution in [3.05, 3.63) is 90.2 Å². The average Bonchev–Trinajstić information content (AvgIpc) is 2.98. The third-order valence-corrected chi connectivity index (χ3v) is 6.89. The van der Waals surface area contributed by atoms with E-state index in [2.05, 4.69) is 31.2 Å². The number of halogens is 1. The van der Waals surface area contributed by atoms with E-state index < -0.39 is 5.82 Å². The van der Waals surface area contributed by atoms with Gasteiger partial charge in [-0.25, -0.2) is 4.39 Å². The van der Waals surface area contributed by atoms with Crippen LogP contribution in [0.3, 0.4) is 0 Å². The Morgan fingerprint density at radius 2 is 1.12 bits per heavy atom. The number of hydrogen-bond acceptors (Lipinski definition) is 4. The monoisotopic (exact) mass is 539 g/mol. The SMILES string of the molecule is CCCCCCOc1ccc2cc(OCCCCCCOc3ccc(-c4ccc(C#N)cc4F)cc3)ccc2c1. The summed E-state index contributed by atoms with van der Waals surface area (Å²) in [7, 11) is 0. The summed E-state index contributed by atoms with van der Waals surface area (Å²) in [5.74, 6) is 2.19. The molecule has 0 atom stereocenters. The summed E-state index contributed by atoms with van der Waals surface area (Å²) in [6.45, 7) is 4.32. The quantitative estimate of drug-likeness (QED) is 0.133. The maximum absolute atomic E-state index is 14.2. The number of ether oxygens (including phenoxy) is 3. The van der Waals surface area contributed by atoms with Crippen molar-refractivity contribution >= 4 is 10.8 Å². The van der Waals surface area contributed by atoms with Crippen LogP contribution in [0.15, 0.2) is 78.9 Å². The highest BCUT2D eigenvalue weighted by Gasteiger charge is 2.07. The Kier molecular flexibility index (Phi) is 11.2. The van der Waals surface area contributed by atoms with Crippen LogP contribution in [-0.2, 0) is 0 Å². The molecule has 4 aromatic rings. The summed E-state index contributed by atoms with van der Waals surface area (Å²) in [6.07, 6.45) is 8.93. The Bertz CT molecular complexity index is 1390. The van der Waals surface area contributed by atoms with Crippen LogP contribution in [0.1, 0.15) is 63.9 Å². The minimum Gasteiger partial charge on any atom is -0.494 e. The highest BCUT2D eigenvalue weighted by Crippen LogP contribution is 2.27. The fraction of sp³-hybridized carbons (Fsp3) is 0.343. The second kappa shape index (κ2) is 15.5. The van der Waals surface area contributed by atoms with Crippen molar-refractivity contribution in [2.24, 2.45) is 0 Å².